The summed E-state index contributed by atoms with van der Waals surface area (Å²) in [5.74, 6) is -0.122. The van der Waals surface area contributed by atoms with Gasteiger partial charge >= 0.3 is 0 Å². The maximum atomic E-state index is 13.9. The number of piperidine rings is 1. The van der Waals surface area contributed by atoms with E-state index in [0.717, 1.165) is 24.8 Å². The zero-order chi connectivity index (χ0) is 23.0. The molecule has 2 aliphatic rings. The molecule has 0 bridgehead atoms. The molecular weight excluding hydrogens is 408 g/mol. The van der Waals surface area contributed by atoms with Crippen LogP contribution >= 0.6 is 12.2 Å². The smallest absolute Gasteiger partial charge is 0.266 e. The van der Waals surface area contributed by atoms with Gasteiger partial charge in [-0.05, 0) is 70.2 Å². The second-order valence-electron chi connectivity index (χ2n) is 11.2. The van der Waals surface area contributed by atoms with Crippen LogP contribution < -0.4 is 0 Å². The van der Waals surface area contributed by atoms with E-state index >= 15 is 0 Å². The van der Waals surface area contributed by atoms with Gasteiger partial charge in [-0.3, -0.25) is 14.5 Å². The molecule has 2 saturated heterocycles. The van der Waals surface area contributed by atoms with Crippen molar-refractivity contribution < 1.29 is 14.4 Å². The molecule has 0 saturated carbocycles. The maximum Gasteiger partial charge on any atom is 0.266 e. The molecule has 1 amide bonds. The first kappa shape index (κ1) is 24.1. The number of hydrogen-bond acceptors (Lipinski definition) is 5. The Morgan fingerprint density at radius 2 is 1.74 bits per heavy atom. The number of hydroxylamine groups is 2. The Morgan fingerprint density at radius 3 is 2.29 bits per heavy atom. The lowest BCUT2D eigenvalue weighted by molar-refractivity contribution is -0.300. The van der Waals surface area contributed by atoms with Gasteiger partial charge in [-0.1, -0.05) is 51.1 Å². The quantitative estimate of drug-likeness (QED) is 0.587. The van der Waals surface area contributed by atoms with Crippen molar-refractivity contribution in [3.63, 3.8) is 0 Å². The van der Waals surface area contributed by atoms with Crippen molar-refractivity contribution in [3.05, 3.63) is 35.9 Å². The van der Waals surface area contributed by atoms with Gasteiger partial charge in [0.2, 0.25) is 0 Å². The van der Waals surface area contributed by atoms with Crippen molar-refractivity contribution in [1.82, 2.24) is 9.96 Å². The van der Waals surface area contributed by atoms with Gasteiger partial charge in [-0.15, -0.1) is 0 Å². The molecule has 0 aliphatic carbocycles. The average Bonchev–Trinajstić information content (AvgIpc) is 3.05. The number of thiocarbonyl (C=S) groups is 1. The molecule has 2 fully saturated rings. The van der Waals surface area contributed by atoms with E-state index in [1.54, 1.807) is 4.90 Å². The maximum absolute atomic E-state index is 13.9. The molecule has 1 aromatic carbocycles. The summed E-state index contributed by atoms with van der Waals surface area (Å²) in [4.78, 5) is 22.2. The van der Waals surface area contributed by atoms with Gasteiger partial charge in [-0.25, -0.2) is 0 Å². The van der Waals surface area contributed by atoms with Crippen molar-refractivity contribution in [2.75, 3.05) is 6.61 Å². The van der Waals surface area contributed by atoms with Crippen LogP contribution in [0, 0.1) is 5.41 Å². The SMILES string of the molecule is CC(C)(C)[C@H]1COC(=S)N1C(=O)[C@H](Cc1ccccc1)ON1C(C)(C)CCCC1(C)C. The van der Waals surface area contributed by atoms with E-state index in [1.165, 1.54) is 0 Å². The number of benzene rings is 1. The zero-order valence-electron chi connectivity index (χ0n) is 20.1. The molecule has 6 heteroatoms. The zero-order valence-corrected chi connectivity index (χ0v) is 20.9. The number of nitrogens with zero attached hydrogens (tertiary/aromatic N) is 2. The van der Waals surface area contributed by atoms with Crippen molar-refractivity contribution in [1.29, 1.82) is 0 Å². The fourth-order valence-electron chi connectivity index (χ4n) is 4.84. The van der Waals surface area contributed by atoms with Crippen molar-refractivity contribution in [2.24, 2.45) is 5.41 Å². The minimum absolute atomic E-state index is 0.114. The molecule has 2 aliphatic heterocycles. The fraction of sp³-hybridized carbons (Fsp3) is 0.680. The molecule has 0 aromatic heterocycles. The summed E-state index contributed by atoms with van der Waals surface area (Å²) in [6, 6.07) is 9.93. The summed E-state index contributed by atoms with van der Waals surface area (Å²) in [5.41, 5.74) is 0.578. The van der Waals surface area contributed by atoms with Crippen LogP contribution in [0.4, 0.5) is 0 Å². The largest absolute Gasteiger partial charge is 0.468 e. The number of carbonyl (C=O) groups is 1. The lowest BCUT2D eigenvalue weighted by Crippen LogP contribution is -2.61. The molecule has 1 aromatic rings. The second kappa shape index (κ2) is 8.80. The molecule has 0 unspecified atom stereocenters. The molecule has 0 N–H and O–H groups in total. The Hall–Kier alpha value is -1.50. The summed E-state index contributed by atoms with van der Waals surface area (Å²) < 4.78 is 5.67. The van der Waals surface area contributed by atoms with E-state index in [1.807, 2.05) is 30.3 Å². The first-order valence-electron chi connectivity index (χ1n) is 11.3. The van der Waals surface area contributed by atoms with Gasteiger partial charge in [0, 0.05) is 17.5 Å². The van der Waals surface area contributed by atoms with Gasteiger partial charge < -0.3 is 4.74 Å². The molecule has 172 valence electrons. The number of carbonyl (C=O) groups excluding carboxylic acids is 1. The Labute approximate surface area is 193 Å². The predicted molar refractivity (Wildman–Crippen MR) is 128 cm³/mol. The number of hydrogen-bond donors (Lipinski definition) is 0. The van der Waals surface area contributed by atoms with Gasteiger partial charge in [0.15, 0.2) is 6.10 Å². The summed E-state index contributed by atoms with van der Waals surface area (Å²) >= 11 is 5.45. The highest BCUT2D eigenvalue weighted by molar-refractivity contribution is 7.80. The molecule has 31 heavy (non-hydrogen) atoms. The number of ether oxygens (including phenoxy) is 1. The van der Waals surface area contributed by atoms with E-state index in [2.05, 4.69) is 53.5 Å². The molecule has 0 spiro atoms. The van der Waals surface area contributed by atoms with Crippen LogP contribution in [-0.4, -0.2) is 50.9 Å². The normalized spacial score (nSPS) is 24.7. The topological polar surface area (TPSA) is 42.0 Å². The summed E-state index contributed by atoms with van der Waals surface area (Å²) in [7, 11) is 0. The second-order valence-corrected chi connectivity index (χ2v) is 11.6. The average molecular weight is 447 g/mol. The Morgan fingerprint density at radius 1 is 1.16 bits per heavy atom. The minimum Gasteiger partial charge on any atom is -0.468 e. The van der Waals surface area contributed by atoms with Crippen LogP contribution in [0.25, 0.3) is 0 Å². The van der Waals surface area contributed by atoms with Gasteiger partial charge in [0.1, 0.15) is 6.61 Å². The predicted octanol–water partition coefficient (Wildman–Crippen LogP) is 5.13. The van der Waals surface area contributed by atoms with Crippen LogP contribution in [0.1, 0.15) is 73.3 Å². The van der Waals surface area contributed by atoms with Crippen molar-refractivity contribution >= 4 is 23.3 Å². The van der Waals surface area contributed by atoms with Gasteiger partial charge in [0.25, 0.3) is 11.1 Å². The lowest BCUT2D eigenvalue weighted by atomic mass is 9.82. The molecule has 2 atom stereocenters. The van der Waals surface area contributed by atoms with Crippen molar-refractivity contribution in [2.45, 2.75) is 97.4 Å². The molecule has 0 radical (unpaired) electrons. The van der Waals surface area contributed by atoms with E-state index in [4.69, 9.17) is 21.8 Å². The van der Waals surface area contributed by atoms with Gasteiger partial charge in [-0.2, -0.15) is 5.06 Å². The Balaban J connectivity index is 1.94. The summed E-state index contributed by atoms with van der Waals surface area (Å²) in [6.45, 7) is 15.5. The third-order valence-electron chi connectivity index (χ3n) is 6.56. The van der Waals surface area contributed by atoms with E-state index in [9.17, 15) is 4.79 Å². The molecule has 3 rings (SSSR count). The first-order valence-corrected chi connectivity index (χ1v) is 11.7. The van der Waals surface area contributed by atoms with Crippen LogP contribution in [0.2, 0.25) is 0 Å². The highest BCUT2D eigenvalue weighted by atomic mass is 32.1. The van der Waals surface area contributed by atoms with E-state index in [0.29, 0.717) is 13.0 Å². The highest BCUT2D eigenvalue weighted by Gasteiger charge is 2.48. The third kappa shape index (κ3) is 5.29. The van der Waals surface area contributed by atoms with Crippen molar-refractivity contribution in [3.8, 4) is 0 Å². The van der Waals surface area contributed by atoms with Gasteiger partial charge in [0.05, 0.1) is 6.04 Å². The number of rotatable bonds is 5. The summed E-state index contributed by atoms with van der Waals surface area (Å²) in [6.07, 6.45) is 3.01. The molecule has 5 nitrogen and oxygen atoms in total. The standard InChI is InChI=1S/C25H38N2O3S/c1-23(2,3)20-17-29-22(31)26(20)21(28)19(16-18-12-9-8-10-13-18)30-27-24(4,5)14-11-15-25(27,6)7/h8-10,12-13,19-20H,11,14-17H2,1-7H3/t19-,20+/m0/s1. The third-order valence-corrected chi connectivity index (χ3v) is 6.87. The highest BCUT2D eigenvalue weighted by Crippen LogP contribution is 2.39. The fourth-order valence-corrected chi connectivity index (χ4v) is 5.13. The lowest BCUT2D eigenvalue weighted by Gasteiger charge is -2.52. The monoisotopic (exact) mass is 446 g/mol. The van der Waals surface area contributed by atoms with Crippen LogP contribution in [0.15, 0.2) is 30.3 Å². The summed E-state index contributed by atoms with van der Waals surface area (Å²) in [5, 5.41) is 2.32. The Kier molecular flexibility index (Phi) is 6.85. The van der Waals surface area contributed by atoms with Crippen LogP contribution in [0.3, 0.4) is 0 Å². The van der Waals surface area contributed by atoms with E-state index in [-0.39, 0.29) is 33.6 Å². The van der Waals surface area contributed by atoms with Crippen LogP contribution in [-0.2, 0) is 20.8 Å². The first-order chi connectivity index (χ1) is 14.3. The molecular formula is C25H38N2O3S. The van der Waals surface area contributed by atoms with Crippen LogP contribution in [0.5, 0.6) is 0 Å². The minimum atomic E-state index is -0.677. The van der Waals surface area contributed by atoms with E-state index < -0.39 is 6.10 Å². The number of amides is 1. The Bertz CT molecular complexity index is 785. The molecule has 2 heterocycles.